The Kier molecular flexibility index (Phi) is 6.57. The standard InChI is InChI=1S/C21H23BrN2O4/c1-27-16-9-10-17(19(12-16)28-2)18-4-3-11-24(18)20(25)13-23-21(26)14-5-7-15(22)8-6-14/h5-10,12,18H,3-4,11,13H2,1-2H3,(H,23,26). The van der Waals surface area contributed by atoms with Crippen LogP contribution >= 0.6 is 15.9 Å². The number of likely N-dealkylation sites (tertiary alicyclic amines) is 1. The third-order valence-corrected chi connectivity index (χ3v) is 5.41. The monoisotopic (exact) mass is 446 g/mol. The van der Waals surface area contributed by atoms with Gasteiger partial charge in [0.25, 0.3) is 5.91 Å². The average Bonchev–Trinajstić information content (AvgIpc) is 3.21. The van der Waals surface area contributed by atoms with Gasteiger partial charge < -0.3 is 19.7 Å². The van der Waals surface area contributed by atoms with E-state index >= 15 is 0 Å². The van der Waals surface area contributed by atoms with Gasteiger partial charge >= 0.3 is 0 Å². The highest BCUT2D eigenvalue weighted by atomic mass is 79.9. The second-order valence-corrected chi connectivity index (χ2v) is 7.46. The predicted octanol–water partition coefficient (Wildman–Crippen LogP) is 3.56. The van der Waals surface area contributed by atoms with Crippen molar-refractivity contribution >= 4 is 27.7 Å². The molecule has 0 saturated carbocycles. The summed E-state index contributed by atoms with van der Waals surface area (Å²) in [5, 5.41) is 2.72. The Balaban J connectivity index is 1.68. The number of methoxy groups -OCH3 is 2. The molecule has 1 aliphatic rings. The Bertz CT molecular complexity index is 854. The van der Waals surface area contributed by atoms with Crippen LogP contribution in [-0.4, -0.2) is 44.0 Å². The van der Waals surface area contributed by atoms with Crippen molar-refractivity contribution in [2.45, 2.75) is 18.9 Å². The predicted molar refractivity (Wildman–Crippen MR) is 110 cm³/mol. The summed E-state index contributed by atoms with van der Waals surface area (Å²) in [6, 6.07) is 12.6. The lowest BCUT2D eigenvalue weighted by Gasteiger charge is -2.26. The van der Waals surface area contributed by atoms with Gasteiger partial charge in [-0.2, -0.15) is 0 Å². The molecule has 28 heavy (non-hydrogen) atoms. The minimum atomic E-state index is -0.265. The number of halogens is 1. The zero-order valence-corrected chi connectivity index (χ0v) is 17.5. The molecule has 0 spiro atoms. The third kappa shape index (κ3) is 4.47. The van der Waals surface area contributed by atoms with Crippen LogP contribution in [0.1, 0.15) is 34.8 Å². The van der Waals surface area contributed by atoms with Crippen molar-refractivity contribution in [1.82, 2.24) is 10.2 Å². The first-order valence-corrected chi connectivity index (χ1v) is 9.88. The summed E-state index contributed by atoms with van der Waals surface area (Å²) in [7, 11) is 3.21. The van der Waals surface area contributed by atoms with E-state index < -0.39 is 0 Å². The van der Waals surface area contributed by atoms with E-state index in [9.17, 15) is 9.59 Å². The molecule has 148 valence electrons. The molecule has 1 saturated heterocycles. The number of carbonyl (C=O) groups excluding carboxylic acids is 2. The Morgan fingerprint density at radius 1 is 1.14 bits per heavy atom. The number of hydrogen-bond donors (Lipinski definition) is 1. The Labute approximate surface area is 172 Å². The summed E-state index contributed by atoms with van der Waals surface area (Å²) in [4.78, 5) is 26.9. The lowest BCUT2D eigenvalue weighted by atomic mass is 10.0. The van der Waals surface area contributed by atoms with Crippen LogP contribution in [0.15, 0.2) is 46.9 Å². The Hall–Kier alpha value is -2.54. The second kappa shape index (κ2) is 9.10. The van der Waals surface area contributed by atoms with E-state index in [0.29, 0.717) is 23.6 Å². The highest BCUT2D eigenvalue weighted by Crippen LogP contribution is 2.38. The number of ether oxygens (including phenoxy) is 2. The molecular formula is C21H23BrN2O4. The molecule has 2 aromatic rings. The number of hydrogen-bond acceptors (Lipinski definition) is 4. The fourth-order valence-corrected chi connectivity index (χ4v) is 3.71. The zero-order chi connectivity index (χ0) is 20.1. The van der Waals surface area contributed by atoms with Gasteiger partial charge in [-0.3, -0.25) is 9.59 Å². The van der Waals surface area contributed by atoms with Gasteiger partial charge in [-0.1, -0.05) is 15.9 Å². The molecule has 2 aromatic carbocycles. The summed E-state index contributed by atoms with van der Waals surface area (Å²) in [5.41, 5.74) is 1.47. The molecule has 1 unspecified atom stereocenters. The maximum absolute atomic E-state index is 12.8. The van der Waals surface area contributed by atoms with Gasteiger partial charge in [0, 0.05) is 28.2 Å². The van der Waals surface area contributed by atoms with Gasteiger partial charge in [0.15, 0.2) is 0 Å². The van der Waals surface area contributed by atoms with Gasteiger partial charge in [-0.15, -0.1) is 0 Å². The van der Waals surface area contributed by atoms with Gasteiger partial charge in [-0.05, 0) is 49.2 Å². The highest BCUT2D eigenvalue weighted by Gasteiger charge is 2.32. The van der Waals surface area contributed by atoms with E-state index in [1.54, 1.807) is 38.5 Å². The van der Waals surface area contributed by atoms with Crippen molar-refractivity contribution in [1.29, 1.82) is 0 Å². The van der Waals surface area contributed by atoms with Crippen LogP contribution in [-0.2, 0) is 4.79 Å². The lowest BCUT2D eigenvalue weighted by Crippen LogP contribution is -2.39. The van der Waals surface area contributed by atoms with Crippen molar-refractivity contribution in [3.05, 3.63) is 58.1 Å². The van der Waals surface area contributed by atoms with E-state index in [-0.39, 0.29) is 24.4 Å². The topological polar surface area (TPSA) is 67.9 Å². The SMILES string of the molecule is COc1ccc(C2CCCN2C(=O)CNC(=O)c2ccc(Br)cc2)c(OC)c1. The first-order valence-electron chi connectivity index (χ1n) is 9.08. The minimum Gasteiger partial charge on any atom is -0.497 e. The zero-order valence-electron chi connectivity index (χ0n) is 15.9. The van der Waals surface area contributed by atoms with Crippen LogP contribution in [0, 0.1) is 0 Å². The first-order chi connectivity index (χ1) is 13.5. The maximum atomic E-state index is 12.8. The van der Waals surface area contributed by atoms with E-state index in [2.05, 4.69) is 21.2 Å². The quantitative estimate of drug-likeness (QED) is 0.736. The molecule has 7 heteroatoms. The van der Waals surface area contributed by atoms with Crippen LogP contribution < -0.4 is 14.8 Å². The largest absolute Gasteiger partial charge is 0.497 e. The smallest absolute Gasteiger partial charge is 0.251 e. The van der Waals surface area contributed by atoms with Gasteiger partial charge in [0.1, 0.15) is 11.5 Å². The number of carbonyl (C=O) groups is 2. The summed E-state index contributed by atoms with van der Waals surface area (Å²) >= 11 is 3.34. The molecule has 1 aliphatic heterocycles. The van der Waals surface area contributed by atoms with E-state index in [0.717, 1.165) is 22.9 Å². The van der Waals surface area contributed by atoms with Crippen molar-refractivity contribution < 1.29 is 19.1 Å². The number of nitrogens with zero attached hydrogens (tertiary/aromatic N) is 1. The summed E-state index contributed by atoms with van der Waals surface area (Å²) in [6.45, 7) is 0.622. The average molecular weight is 447 g/mol. The molecule has 2 amide bonds. The van der Waals surface area contributed by atoms with Gasteiger partial charge in [0.2, 0.25) is 5.91 Å². The molecule has 1 heterocycles. The van der Waals surface area contributed by atoms with Crippen molar-refractivity contribution in [3.8, 4) is 11.5 Å². The van der Waals surface area contributed by atoms with Crippen molar-refractivity contribution in [2.75, 3.05) is 27.3 Å². The Morgan fingerprint density at radius 2 is 1.89 bits per heavy atom. The second-order valence-electron chi connectivity index (χ2n) is 6.54. The summed E-state index contributed by atoms with van der Waals surface area (Å²) in [5.74, 6) is 1.03. The number of nitrogens with one attached hydrogen (secondary N) is 1. The molecule has 6 nitrogen and oxygen atoms in total. The highest BCUT2D eigenvalue weighted by molar-refractivity contribution is 9.10. The molecule has 1 atom stereocenters. The normalized spacial score (nSPS) is 16.0. The summed E-state index contributed by atoms with van der Waals surface area (Å²) < 4.78 is 11.7. The fourth-order valence-electron chi connectivity index (χ4n) is 3.44. The molecule has 0 bridgehead atoms. The number of rotatable bonds is 6. The molecule has 0 aromatic heterocycles. The molecule has 0 radical (unpaired) electrons. The van der Waals surface area contributed by atoms with Crippen molar-refractivity contribution in [3.63, 3.8) is 0 Å². The third-order valence-electron chi connectivity index (χ3n) is 4.88. The molecular weight excluding hydrogens is 424 g/mol. The molecule has 3 rings (SSSR count). The lowest BCUT2D eigenvalue weighted by molar-refractivity contribution is -0.131. The first kappa shape index (κ1) is 20.2. The number of amides is 2. The maximum Gasteiger partial charge on any atom is 0.251 e. The van der Waals surface area contributed by atoms with E-state index in [1.807, 2.05) is 23.1 Å². The molecule has 0 aliphatic carbocycles. The van der Waals surface area contributed by atoms with Crippen LogP contribution in [0.5, 0.6) is 11.5 Å². The Morgan fingerprint density at radius 3 is 2.57 bits per heavy atom. The van der Waals surface area contributed by atoms with Crippen LogP contribution in [0.25, 0.3) is 0 Å². The van der Waals surface area contributed by atoms with E-state index in [1.165, 1.54) is 0 Å². The van der Waals surface area contributed by atoms with Crippen molar-refractivity contribution in [2.24, 2.45) is 0 Å². The van der Waals surface area contributed by atoms with E-state index in [4.69, 9.17) is 9.47 Å². The summed E-state index contributed by atoms with van der Waals surface area (Å²) in [6.07, 6.45) is 1.77. The van der Waals surface area contributed by atoms with Crippen LogP contribution in [0.4, 0.5) is 0 Å². The van der Waals surface area contributed by atoms with Gasteiger partial charge in [-0.25, -0.2) is 0 Å². The van der Waals surface area contributed by atoms with Crippen LogP contribution in [0.3, 0.4) is 0 Å². The van der Waals surface area contributed by atoms with Gasteiger partial charge in [0.05, 0.1) is 26.8 Å². The minimum absolute atomic E-state index is 0.0378. The number of benzene rings is 2. The van der Waals surface area contributed by atoms with Crippen LogP contribution in [0.2, 0.25) is 0 Å². The molecule has 1 fully saturated rings. The fraction of sp³-hybridized carbons (Fsp3) is 0.333. The molecule has 1 N–H and O–H groups in total.